The summed E-state index contributed by atoms with van der Waals surface area (Å²) in [6.45, 7) is 3.62. The molecule has 0 radical (unpaired) electrons. The summed E-state index contributed by atoms with van der Waals surface area (Å²) in [4.78, 5) is 2.59. The number of hydrogen-bond donors (Lipinski definition) is 0. The number of likely N-dealkylation sites (tertiary alicyclic amines) is 1. The third-order valence-corrected chi connectivity index (χ3v) is 4.63. The molecule has 1 nitrogen and oxygen atoms in total. The van der Waals surface area contributed by atoms with E-state index >= 15 is 0 Å². The second-order valence-electron chi connectivity index (χ2n) is 5.36. The molecule has 1 saturated heterocycles. The van der Waals surface area contributed by atoms with Gasteiger partial charge in [0, 0.05) is 19.0 Å². The molecule has 1 aromatic carbocycles. The van der Waals surface area contributed by atoms with Crippen molar-refractivity contribution in [3.05, 3.63) is 35.9 Å². The van der Waals surface area contributed by atoms with E-state index < -0.39 is 0 Å². The molecule has 1 aliphatic heterocycles. The van der Waals surface area contributed by atoms with Crippen molar-refractivity contribution in [3.63, 3.8) is 0 Å². The quantitative estimate of drug-likeness (QED) is 0.728. The minimum atomic E-state index is 0.608. The molecule has 0 amide bonds. The lowest BCUT2D eigenvalue weighted by Crippen LogP contribution is -2.21. The summed E-state index contributed by atoms with van der Waals surface area (Å²) in [6, 6.07) is 10.8. The highest BCUT2D eigenvalue weighted by atomic mass is 35.5. The zero-order valence-electron chi connectivity index (χ0n) is 9.53. The normalized spacial score (nSPS) is 33.4. The minimum Gasteiger partial charge on any atom is -0.298 e. The van der Waals surface area contributed by atoms with Gasteiger partial charge in [-0.3, -0.25) is 4.90 Å². The molecule has 3 rings (SSSR count). The van der Waals surface area contributed by atoms with Crippen LogP contribution in [-0.4, -0.2) is 23.9 Å². The molecule has 16 heavy (non-hydrogen) atoms. The van der Waals surface area contributed by atoms with Crippen LogP contribution >= 0.6 is 11.6 Å². The van der Waals surface area contributed by atoms with Crippen molar-refractivity contribution in [1.29, 1.82) is 0 Å². The molecule has 2 aliphatic rings. The van der Waals surface area contributed by atoms with Gasteiger partial charge in [0.2, 0.25) is 0 Å². The number of rotatable bonds is 3. The fourth-order valence-corrected chi connectivity index (χ4v) is 3.55. The fourth-order valence-electron chi connectivity index (χ4n) is 3.11. The summed E-state index contributed by atoms with van der Waals surface area (Å²) in [5.41, 5.74) is 2.04. The van der Waals surface area contributed by atoms with Gasteiger partial charge in [-0.1, -0.05) is 30.3 Å². The van der Waals surface area contributed by atoms with Crippen molar-refractivity contribution in [3.8, 4) is 0 Å². The average molecular weight is 236 g/mol. The molecule has 1 spiro atoms. The number of halogens is 1. The predicted molar refractivity (Wildman–Crippen MR) is 67.6 cm³/mol. The Bertz CT molecular complexity index is 364. The van der Waals surface area contributed by atoms with E-state index in [1.54, 1.807) is 0 Å². The summed E-state index contributed by atoms with van der Waals surface area (Å²) in [5.74, 6) is 1.66. The maximum Gasteiger partial charge on any atom is 0.0257 e. The summed E-state index contributed by atoms with van der Waals surface area (Å²) in [5, 5.41) is 0. The highest BCUT2D eigenvalue weighted by Crippen LogP contribution is 2.58. The standard InChI is InChI=1S/C14H18ClN/c15-9-13-8-14(13)6-7-16(11-14)10-12-4-2-1-3-5-12/h1-5,13H,6-11H2. The smallest absolute Gasteiger partial charge is 0.0257 e. The Labute approximate surface area is 102 Å². The largest absolute Gasteiger partial charge is 0.298 e. The molecule has 0 aromatic heterocycles. The van der Waals surface area contributed by atoms with E-state index in [4.69, 9.17) is 11.6 Å². The number of benzene rings is 1. The number of nitrogens with zero attached hydrogens (tertiary/aromatic N) is 1. The first-order chi connectivity index (χ1) is 7.82. The van der Waals surface area contributed by atoms with E-state index in [1.807, 2.05) is 0 Å². The first-order valence-corrected chi connectivity index (χ1v) is 6.68. The Kier molecular flexibility index (Phi) is 2.68. The van der Waals surface area contributed by atoms with Gasteiger partial charge in [0.1, 0.15) is 0 Å². The monoisotopic (exact) mass is 235 g/mol. The minimum absolute atomic E-state index is 0.608. The Balaban J connectivity index is 1.59. The van der Waals surface area contributed by atoms with Gasteiger partial charge in [0.15, 0.2) is 0 Å². The molecule has 0 N–H and O–H groups in total. The van der Waals surface area contributed by atoms with Gasteiger partial charge in [-0.15, -0.1) is 11.6 Å². The molecular formula is C14H18ClN. The summed E-state index contributed by atoms with van der Waals surface area (Å²) < 4.78 is 0. The molecule has 2 unspecified atom stereocenters. The highest BCUT2D eigenvalue weighted by molar-refractivity contribution is 6.18. The lowest BCUT2D eigenvalue weighted by molar-refractivity contribution is 0.308. The van der Waals surface area contributed by atoms with Gasteiger partial charge in [-0.2, -0.15) is 0 Å². The van der Waals surface area contributed by atoms with Crippen LogP contribution in [0.15, 0.2) is 30.3 Å². The lowest BCUT2D eigenvalue weighted by Gasteiger charge is -2.16. The van der Waals surface area contributed by atoms with E-state index in [0.29, 0.717) is 5.41 Å². The maximum atomic E-state index is 5.96. The molecule has 0 bridgehead atoms. The van der Waals surface area contributed by atoms with Crippen LogP contribution in [0.3, 0.4) is 0 Å². The molecule has 2 fully saturated rings. The third kappa shape index (κ3) is 1.87. The van der Waals surface area contributed by atoms with E-state index in [1.165, 1.54) is 31.5 Å². The topological polar surface area (TPSA) is 3.24 Å². The van der Waals surface area contributed by atoms with Crippen molar-refractivity contribution in [2.24, 2.45) is 11.3 Å². The highest BCUT2D eigenvalue weighted by Gasteiger charge is 2.56. The zero-order chi connectivity index (χ0) is 11.0. The van der Waals surface area contributed by atoms with Gasteiger partial charge in [0.05, 0.1) is 0 Å². The van der Waals surface area contributed by atoms with Gasteiger partial charge in [0.25, 0.3) is 0 Å². The van der Waals surface area contributed by atoms with Crippen molar-refractivity contribution in [2.75, 3.05) is 19.0 Å². The van der Waals surface area contributed by atoms with E-state index in [0.717, 1.165) is 18.3 Å². The van der Waals surface area contributed by atoms with E-state index in [9.17, 15) is 0 Å². The van der Waals surface area contributed by atoms with Crippen molar-refractivity contribution < 1.29 is 0 Å². The lowest BCUT2D eigenvalue weighted by atomic mass is 10.0. The summed E-state index contributed by atoms with van der Waals surface area (Å²) >= 11 is 5.96. The third-order valence-electron chi connectivity index (χ3n) is 4.26. The molecular weight excluding hydrogens is 218 g/mol. The number of hydrogen-bond acceptors (Lipinski definition) is 1. The molecule has 1 saturated carbocycles. The van der Waals surface area contributed by atoms with Gasteiger partial charge in [-0.25, -0.2) is 0 Å². The van der Waals surface area contributed by atoms with Crippen LogP contribution in [0.1, 0.15) is 18.4 Å². The van der Waals surface area contributed by atoms with Crippen LogP contribution < -0.4 is 0 Å². The Morgan fingerprint density at radius 2 is 2.12 bits per heavy atom. The molecule has 2 heteroatoms. The van der Waals surface area contributed by atoms with Crippen LogP contribution in [0, 0.1) is 11.3 Å². The van der Waals surface area contributed by atoms with Crippen LogP contribution in [0.25, 0.3) is 0 Å². The SMILES string of the molecule is ClCC1CC12CCN(Cc1ccccc1)C2. The van der Waals surface area contributed by atoms with Crippen LogP contribution in [0.5, 0.6) is 0 Å². The second kappa shape index (κ2) is 4.05. The molecule has 1 heterocycles. The Hall–Kier alpha value is -0.530. The maximum absolute atomic E-state index is 5.96. The zero-order valence-corrected chi connectivity index (χ0v) is 10.3. The van der Waals surface area contributed by atoms with Gasteiger partial charge >= 0.3 is 0 Å². The van der Waals surface area contributed by atoms with E-state index in [2.05, 4.69) is 35.2 Å². The molecule has 2 atom stereocenters. The van der Waals surface area contributed by atoms with Crippen LogP contribution in [-0.2, 0) is 6.54 Å². The molecule has 1 aromatic rings. The van der Waals surface area contributed by atoms with E-state index in [-0.39, 0.29) is 0 Å². The van der Waals surface area contributed by atoms with Crippen molar-refractivity contribution in [2.45, 2.75) is 19.4 Å². The summed E-state index contributed by atoms with van der Waals surface area (Å²) in [7, 11) is 0. The molecule has 86 valence electrons. The predicted octanol–water partition coefficient (Wildman–Crippen LogP) is 3.14. The average Bonchev–Trinajstić information content (AvgIpc) is 2.85. The number of alkyl halides is 1. The van der Waals surface area contributed by atoms with Crippen molar-refractivity contribution >= 4 is 11.6 Å². The Morgan fingerprint density at radius 1 is 1.31 bits per heavy atom. The second-order valence-corrected chi connectivity index (χ2v) is 5.67. The van der Waals surface area contributed by atoms with Gasteiger partial charge < -0.3 is 0 Å². The fraction of sp³-hybridized carbons (Fsp3) is 0.571. The summed E-state index contributed by atoms with van der Waals surface area (Å²) in [6.07, 6.45) is 2.72. The Morgan fingerprint density at radius 3 is 2.81 bits per heavy atom. The van der Waals surface area contributed by atoms with Gasteiger partial charge in [-0.05, 0) is 36.3 Å². The molecule has 1 aliphatic carbocycles. The van der Waals surface area contributed by atoms with Crippen molar-refractivity contribution in [1.82, 2.24) is 4.90 Å². The van der Waals surface area contributed by atoms with Crippen LogP contribution in [0.2, 0.25) is 0 Å². The first-order valence-electron chi connectivity index (χ1n) is 6.15. The van der Waals surface area contributed by atoms with Crippen LogP contribution in [0.4, 0.5) is 0 Å². The first kappa shape index (κ1) is 10.6.